The number of carbonyl (C=O) groups is 2. The number of H-pyrrole nitrogens is 1. The van der Waals surface area contributed by atoms with E-state index in [0.29, 0.717) is 13.0 Å². The fraction of sp³-hybridized carbons (Fsp3) is 0.421. The Labute approximate surface area is 171 Å². The van der Waals surface area contributed by atoms with Crippen LogP contribution in [-0.2, 0) is 10.9 Å². The second-order valence-corrected chi connectivity index (χ2v) is 7.45. The van der Waals surface area contributed by atoms with E-state index < -0.39 is 29.3 Å². The molecule has 30 heavy (non-hydrogen) atoms. The van der Waals surface area contributed by atoms with Gasteiger partial charge in [-0.1, -0.05) is 6.07 Å². The Morgan fingerprint density at radius 3 is 2.57 bits per heavy atom. The maximum Gasteiger partial charge on any atom is 0.417 e. The Kier molecular flexibility index (Phi) is 6.96. The number of ether oxygens (including phenoxy) is 1. The second kappa shape index (κ2) is 9.06. The number of aliphatic imine (C=N–C) groups is 1. The monoisotopic (exact) mass is 427 g/mol. The lowest BCUT2D eigenvalue weighted by Crippen LogP contribution is -2.37. The number of nitrogens with two attached hydrogens (primary N) is 1. The van der Waals surface area contributed by atoms with Crippen LogP contribution in [0.15, 0.2) is 29.3 Å². The van der Waals surface area contributed by atoms with Gasteiger partial charge in [-0.05, 0) is 45.4 Å². The molecule has 0 radical (unpaired) electrons. The molecule has 2 aromatic rings. The van der Waals surface area contributed by atoms with Gasteiger partial charge in [-0.2, -0.15) is 13.2 Å². The van der Waals surface area contributed by atoms with Crippen LogP contribution in [0.4, 0.5) is 18.0 Å². The molecule has 1 aromatic heterocycles. The summed E-state index contributed by atoms with van der Waals surface area (Å²) < 4.78 is 44.3. The predicted molar refractivity (Wildman–Crippen MR) is 106 cm³/mol. The van der Waals surface area contributed by atoms with Gasteiger partial charge in [-0.15, -0.1) is 0 Å². The highest BCUT2D eigenvalue weighted by molar-refractivity contribution is 6.06. The molecule has 8 nitrogen and oxygen atoms in total. The number of guanidine groups is 1. The van der Waals surface area contributed by atoms with Gasteiger partial charge in [0.25, 0.3) is 5.91 Å². The summed E-state index contributed by atoms with van der Waals surface area (Å²) in [6.07, 6.45) is -4.65. The van der Waals surface area contributed by atoms with E-state index in [1.165, 1.54) is 12.1 Å². The molecule has 0 saturated heterocycles. The van der Waals surface area contributed by atoms with Gasteiger partial charge in [0.15, 0.2) is 5.96 Å². The smallest absolute Gasteiger partial charge is 0.417 e. The zero-order valence-electron chi connectivity index (χ0n) is 16.8. The Morgan fingerprint density at radius 2 is 1.93 bits per heavy atom. The normalized spacial score (nSPS) is 12.7. The van der Waals surface area contributed by atoms with Crippen LogP contribution in [-0.4, -0.2) is 41.6 Å². The van der Waals surface area contributed by atoms with Crippen LogP contribution in [0.2, 0.25) is 0 Å². The Morgan fingerprint density at radius 1 is 1.23 bits per heavy atom. The highest BCUT2D eigenvalue weighted by Crippen LogP contribution is 2.34. The van der Waals surface area contributed by atoms with E-state index in [-0.39, 0.29) is 29.1 Å². The molecule has 0 bridgehead atoms. The number of nitrogens with zero attached hydrogens (tertiary/aromatic N) is 1. The van der Waals surface area contributed by atoms with E-state index in [1.54, 1.807) is 20.8 Å². The first-order chi connectivity index (χ1) is 13.9. The van der Waals surface area contributed by atoms with Crippen molar-refractivity contribution in [3.63, 3.8) is 0 Å². The van der Waals surface area contributed by atoms with Gasteiger partial charge in [0.1, 0.15) is 11.3 Å². The predicted octanol–water partition coefficient (Wildman–Crippen LogP) is 3.15. The number of nitrogens with one attached hydrogen (secondary N) is 3. The topological polar surface area (TPSA) is 122 Å². The van der Waals surface area contributed by atoms with Gasteiger partial charge in [-0.3, -0.25) is 15.1 Å². The fourth-order valence-corrected chi connectivity index (χ4v) is 2.53. The molecular weight excluding hydrogens is 403 g/mol. The molecule has 0 aliphatic carbocycles. The summed E-state index contributed by atoms with van der Waals surface area (Å²) in [7, 11) is 0. The molecule has 5 N–H and O–H groups in total. The molecule has 1 aromatic carbocycles. The highest BCUT2D eigenvalue weighted by Gasteiger charge is 2.33. The maximum absolute atomic E-state index is 13.1. The zero-order chi connectivity index (χ0) is 22.5. The van der Waals surface area contributed by atoms with Crippen molar-refractivity contribution in [3.05, 3.63) is 35.5 Å². The average molecular weight is 427 g/mol. The lowest BCUT2D eigenvalue weighted by atomic mass is 10.1. The van der Waals surface area contributed by atoms with Crippen LogP contribution in [0.1, 0.15) is 43.2 Å². The number of aromatic amines is 1. The first-order valence-corrected chi connectivity index (χ1v) is 9.14. The van der Waals surface area contributed by atoms with Crippen LogP contribution in [0.5, 0.6) is 0 Å². The van der Waals surface area contributed by atoms with Crippen molar-refractivity contribution >= 4 is 28.9 Å². The second-order valence-electron chi connectivity index (χ2n) is 7.45. The highest BCUT2D eigenvalue weighted by atomic mass is 19.4. The Balaban J connectivity index is 1.89. The van der Waals surface area contributed by atoms with Crippen LogP contribution >= 0.6 is 0 Å². The largest absolute Gasteiger partial charge is 0.444 e. The summed E-state index contributed by atoms with van der Waals surface area (Å²) >= 11 is 0. The minimum absolute atomic E-state index is 0.0774. The maximum atomic E-state index is 13.1. The van der Waals surface area contributed by atoms with Crippen LogP contribution in [0, 0.1) is 0 Å². The third kappa shape index (κ3) is 6.68. The number of rotatable bonds is 5. The summed E-state index contributed by atoms with van der Waals surface area (Å²) in [6, 6.07) is 4.76. The van der Waals surface area contributed by atoms with Crippen LogP contribution in [0.3, 0.4) is 0 Å². The van der Waals surface area contributed by atoms with Crippen molar-refractivity contribution in [3.8, 4) is 0 Å². The SMILES string of the molecule is CC(C)(C)OC(=O)NCCCN=C(N)NC(=O)c1cc2c(C(F)(F)F)cccc2[nH]1. The fourth-order valence-electron chi connectivity index (χ4n) is 2.53. The molecule has 2 amide bonds. The van der Waals surface area contributed by atoms with Gasteiger partial charge in [0.05, 0.1) is 5.56 Å². The molecule has 2 rings (SSSR count). The van der Waals surface area contributed by atoms with Crippen molar-refractivity contribution in [2.24, 2.45) is 10.7 Å². The van der Waals surface area contributed by atoms with E-state index in [9.17, 15) is 22.8 Å². The Hall–Kier alpha value is -3.24. The molecule has 0 fully saturated rings. The molecule has 164 valence electrons. The van der Waals surface area contributed by atoms with E-state index in [1.807, 2.05) is 0 Å². The molecule has 0 aliphatic rings. The number of hydrogen-bond acceptors (Lipinski definition) is 4. The van der Waals surface area contributed by atoms with Crippen LogP contribution < -0.4 is 16.4 Å². The van der Waals surface area contributed by atoms with Gasteiger partial charge >= 0.3 is 12.3 Å². The summed E-state index contributed by atoms with van der Waals surface area (Å²) in [5, 5.41) is 4.75. The minimum atomic E-state index is -4.54. The quantitative estimate of drug-likeness (QED) is 0.333. The number of alkyl carbamates (subject to hydrolysis) is 1. The van der Waals surface area contributed by atoms with Crippen molar-refractivity contribution in [1.29, 1.82) is 0 Å². The molecule has 0 atom stereocenters. The summed E-state index contributed by atoms with van der Waals surface area (Å²) in [5.41, 5.74) is 4.31. The number of aromatic nitrogens is 1. The molecular formula is C19H24F3N5O3. The molecule has 0 spiro atoms. The Bertz CT molecular complexity index is 945. The van der Waals surface area contributed by atoms with E-state index >= 15 is 0 Å². The van der Waals surface area contributed by atoms with Crippen molar-refractivity contribution < 1.29 is 27.5 Å². The van der Waals surface area contributed by atoms with Crippen molar-refractivity contribution in [1.82, 2.24) is 15.6 Å². The lowest BCUT2D eigenvalue weighted by Gasteiger charge is -2.19. The first-order valence-electron chi connectivity index (χ1n) is 9.14. The average Bonchev–Trinajstić information content (AvgIpc) is 3.03. The first kappa shape index (κ1) is 23.0. The zero-order valence-corrected chi connectivity index (χ0v) is 16.8. The number of halogens is 3. The molecule has 11 heteroatoms. The van der Waals surface area contributed by atoms with Crippen molar-refractivity contribution in [2.45, 2.75) is 39.0 Å². The number of carbonyl (C=O) groups excluding carboxylic acids is 2. The number of amides is 2. The van der Waals surface area contributed by atoms with Gasteiger partial charge in [0, 0.05) is 24.0 Å². The van der Waals surface area contributed by atoms with Crippen molar-refractivity contribution in [2.75, 3.05) is 13.1 Å². The van der Waals surface area contributed by atoms with E-state index in [4.69, 9.17) is 10.5 Å². The van der Waals surface area contributed by atoms with Gasteiger partial charge < -0.3 is 20.8 Å². The third-order valence-corrected chi connectivity index (χ3v) is 3.74. The lowest BCUT2D eigenvalue weighted by molar-refractivity contribution is -0.136. The summed E-state index contributed by atoms with van der Waals surface area (Å²) in [6.45, 7) is 5.75. The number of benzene rings is 1. The number of alkyl halides is 3. The molecule has 0 aliphatic heterocycles. The van der Waals surface area contributed by atoms with Gasteiger partial charge in [0.2, 0.25) is 0 Å². The van der Waals surface area contributed by atoms with Gasteiger partial charge in [-0.25, -0.2) is 4.79 Å². The number of hydrogen-bond donors (Lipinski definition) is 4. The third-order valence-electron chi connectivity index (χ3n) is 3.74. The van der Waals surface area contributed by atoms with Crippen LogP contribution in [0.25, 0.3) is 10.9 Å². The summed E-state index contributed by atoms with van der Waals surface area (Å²) in [4.78, 5) is 30.3. The molecule has 0 unspecified atom stereocenters. The summed E-state index contributed by atoms with van der Waals surface area (Å²) in [5.74, 6) is -0.903. The number of fused-ring (bicyclic) bond motifs is 1. The van der Waals surface area contributed by atoms with E-state index in [0.717, 1.165) is 12.1 Å². The van der Waals surface area contributed by atoms with E-state index in [2.05, 4.69) is 20.6 Å². The minimum Gasteiger partial charge on any atom is -0.444 e. The standard InChI is InChI=1S/C19H24F3N5O3/c1-18(2,3)30-17(29)25-9-5-8-24-16(23)27-15(28)14-10-11-12(19(20,21)22)6-4-7-13(11)26-14/h4,6-7,10,26H,5,8-9H2,1-3H3,(H,25,29)(H3,23,24,27,28). The molecule has 0 saturated carbocycles. The molecule has 1 heterocycles.